The third kappa shape index (κ3) is 4.55. The van der Waals surface area contributed by atoms with E-state index in [1.165, 1.54) is 6.42 Å². The van der Waals surface area contributed by atoms with Crippen molar-refractivity contribution in [1.82, 2.24) is 15.1 Å². The molecule has 0 bridgehead atoms. The zero-order valence-electron chi connectivity index (χ0n) is 13.8. The summed E-state index contributed by atoms with van der Waals surface area (Å²) in [6.07, 6.45) is 8.89. The Kier molecular flexibility index (Phi) is 5.82. The molecule has 0 saturated heterocycles. The lowest BCUT2D eigenvalue weighted by molar-refractivity contribution is -0.00398. The fourth-order valence-electron chi connectivity index (χ4n) is 3.13. The normalized spacial score (nSPS) is 27.7. The van der Waals surface area contributed by atoms with Crippen molar-refractivity contribution < 1.29 is 5.11 Å². The Balaban J connectivity index is 1.86. The molecule has 1 unspecified atom stereocenters. The van der Waals surface area contributed by atoms with E-state index in [0.29, 0.717) is 18.5 Å². The smallest absolute Gasteiger partial charge is 0.0704 e. The van der Waals surface area contributed by atoms with E-state index >= 15 is 0 Å². The van der Waals surface area contributed by atoms with E-state index in [1.807, 2.05) is 10.9 Å². The van der Waals surface area contributed by atoms with Gasteiger partial charge < -0.3 is 10.4 Å². The van der Waals surface area contributed by atoms with Gasteiger partial charge >= 0.3 is 0 Å². The maximum atomic E-state index is 10.8. The Hall–Kier alpha value is -0.870. The minimum absolute atomic E-state index is 0.433. The molecule has 1 saturated carbocycles. The van der Waals surface area contributed by atoms with Gasteiger partial charge in [0.2, 0.25) is 0 Å². The summed E-state index contributed by atoms with van der Waals surface area (Å²) < 4.78 is 2.02. The van der Waals surface area contributed by atoms with Crippen LogP contribution in [-0.2, 0) is 6.42 Å². The molecule has 1 aliphatic carbocycles. The molecule has 21 heavy (non-hydrogen) atoms. The van der Waals surface area contributed by atoms with E-state index in [2.05, 4.69) is 37.3 Å². The highest BCUT2D eigenvalue weighted by atomic mass is 16.3. The van der Waals surface area contributed by atoms with Gasteiger partial charge in [0.25, 0.3) is 0 Å². The van der Waals surface area contributed by atoms with Crippen LogP contribution in [0.1, 0.15) is 71.0 Å². The maximum Gasteiger partial charge on any atom is 0.0704 e. The summed E-state index contributed by atoms with van der Waals surface area (Å²) in [7, 11) is 0. The number of aromatic nitrogens is 2. The van der Waals surface area contributed by atoms with Gasteiger partial charge in [0.1, 0.15) is 0 Å². The first-order chi connectivity index (χ1) is 10.1. The molecule has 1 fully saturated rings. The van der Waals surface area contributed by atoms with E-state index < -0.39 is 5.60 Å². The van der Waals surface area contributed by atoms with Crippen LogP contribution in [0.3, 0.4) is 0 Å². The molecule has 4 heteroatoms. The summed E-state index contributed by atoms with van der Waals surface area (Å²) in [5, 5.41) is 19.0. The van der Waals surface area contributed by atoms with E-state index in [1.54, 1.807) is 0 Å². The van der Waals surface area contributed by atoms with Gasteiger partial charge in [-0.2, -0.15) is 5.10 Å². The lowest BCUT2D eigenvalue weighted by atomic mass is 9.79. The lowest BCUT2D eigenvalue weighted by Crippen LogP contribution is -2.42. The first-order valence-corrected chi connectivity index (χ1v) is 8.56. The fraction of sp³-hybridized carbons (Fsp3) is 0.824. The number of nitrogens with one attached hydrogen (secondary N) is 1. The molecule has 1 heterocycles. The van der Waals surface area contributed by atoms with Crippen molar-refractivity contribution in [3.8, 4) is 0 Å². The van der Waals surface area contributed by atoms with E-state index in [-0.39, 0.29) is 0 Å². The van der Waals surface area contributed by atoms with E-state index in [4.69, 9.17) is 0 Å². The Morgan fingerprint density at radius 3 is 2.76 bits per heavy atom. The van der Waals surface area contributed by atoms with Crippen LogP contribution in [0.15, 0.2) is 12.3 Å². The molecular weight excluding hydrogens is 262 g/mol. The predicted octanol–water partition coefficient (Wildman–Crippen LogP) is 3.07. The van der Waals surface area contributed by atoms with Crippen LogP contribution in [0, 0.1) is 0 Å². The maximum absolute atomic E-state index is 10.8. The largest absolute Gasteiger partial charge is 0.389 e. The number of hydrogen-bond acceptors (Lipinski definition) is 3. The van der Waals surface area contributed by atoms with Gasteiger partial charge in [0.05, 0.1) is 11.3 Å². The quantitative estimate of drug-likeness (QED) is 0.812. The average Bonchev–Trinajstić information content (AvgIpc) is 2.94. The summed E-state index contributed by atoms with van der Waals surface area (Å²) in [5.41, 5.74) is 0.469. The van der Waals surface area contributed by atoms with Crippen LogP contribution in [0.25, 0.3) is 0 Å². The Morgan fingerprint density at radius 1 is 1.43 bits per heavy atom. The monoisotopic (exact) mass is 293 g/mol. The fourth-order valence-corrected chi connectivity index (χ4v) is 3.13. The Labute approximate surface area is 128 Å². The zero-order valence-corrected chi connectivity index (χ0v) is 13.8. The molecule has 4 nitrogen and oxygen atoms in total. The SMILES string of the molecule is CCCNC1CCC(O)(Cc2ccn(C(C)CC)n2)CC1. The Bertz CT molecular complexity index is 421. The van der Waals surface area contributed by atoms with Gasteiger partial charge in [0, 0.05) is 24.7 Å². The highest BCUT2D eigenvalue weighted by molar-refractivity contribution is 5.06. The molecular formula is C17H31N3O. The molecule has 0 aliphatic heterocycles. The number of rotatable bonds is 7. The standard InChI is InChI=1S/C17H31N3O/c1-4-11-18-15-6-9-17(21,10-7-15)13-16-8-12-20(19-16)14(3)5-2/h8,12,14-15,18,21H,4-7,9-11,13H2,1-3H3. The highest BCUT2D eigenvalue weighted by Gasteiger charge is 2.33. The van der Waals surface area contributed by atoms with Gasteiger partial charge in [0.15, 0.2) is 0 Å². The molecule has 1 atom stereocenters. The Morgan fingerprint density at radius 2 is 2.14 bits per heavy atom. The predicted molar refractivity (Wildman–Crippen MR) is 86.4 cm³/mol. The molecule has 1 aromatic rings. The summed E-state index contributed by atoms with van der Waals surface area (Å²) in [6.45, 7) is 7.63. The molecule has 1 aliphatic rings. The van der Waals surface area contributed by atoms with Crippen LogP contribution in [-0.4, -0.2) is 33.1 Å². The van der Waals surface area contributed by atoms with Gasteiger partial charge in [-0.1, -0.05) is 13.8 Å². The summed E-state index contributed by atoms with van der Waals surface area (Å²) in [5.74, 6) is 0. The second-order valence-electron chi connectivity index (χ2n) is 6.67. The van der Waals surface area contributed by atoms with Crippen LogP contribution in [0.5, 0.6) is 0 Å². The molecule has 120 valence electrons. The zero-order chi connectivity index (χ0) is 15.3. The molecule has 0 spiro atoms. The van der Waals surface area contributed by atoms with Gasteiger partial charge in [-0.3, -0.25) is 4.68 Å². The lowest BCUT2D eigenvalue weighted by Gasteiger charge is -2.36. The number of aliphatic hydroxyl groups is 1. The van der Waals surface area contributed by atoms with Crippen molar-refractivity contribution >= 4 is 0 Å². The molecule has 0 amide bonds. The minimum Gasteiger partial charge on any atom is -0.389 e. The molecule has 2 rings (SSSR count). The highest BCUT2D eigenvalue weighted by Crippen LogP contribution is 2.31. The molecule has 2 N–H and O–H groups in total. The number of nitrogens with zero attached hydrogens (tertiary/aromatic N) is 2. The first kappa shape index (κ1) is 16.5. The third-order valence-corrected chi connectivity index (χ3v) is 4.82. The average molecular weight is 293 g/mol. The summed E-state index contributed by atoms with van der Waals surface area (Å²) in [4.78, 5) is 0. The summed E-state index contributed by atoms with van der Waals surface area (Å²) in [6, 6.07) is 3.08. The van der Waals surface area contributed by atoms with Crippen LogP contribution in [0.2, 0.25) is 0 Å². The van der Waals surface area contributed by atoms with E-state index in [9.17, 15) is 5.11 Å². The topological polar surface area (TPSA) is 50.1 Å². The van der Waals surface area contributed by atoms with Gasteiger partial charge in [-0.15, -0.1) is 0 Å². The summed E-state index contributed by atoms with van der Waals surface area (Å²) >= 11 is 0. The van der Waals surface area contributed by atoms with Crippen LogP contribution in [0.4, 0.5) is 0 Å². The van der Waals surface area contributed by atoms with Gasteiger partial charge in [-0.05, 0) is 58.1 Å². The van der Waals surface area contributed by atoms with Crippen molar-refractivity contribution in [2.24, 2.45) is 0 Å². The third-order valence-electron chi connectivity index (χ3n) is 4.82. The van der Waals surface area contributed by atoms with Crippen LogP contribution >= 0.6 is 0 Å². The number of hydrogen-bond donors (Lipinski definition) is 2. The van der Waals surface area contributed by atoms with E-state index in [0.717, 1.165) is 44.3 Å². The van der Waals surface area contributed by atoms with Crippen molar-refractivity contribution in [2.75, 3.05) is 6.54 Å². The van der Waals surface area contributed by atoms with Crippen molar-refractivity contribution in [3.63, 3.8) is 0 Å². The first-order valence-electron chi connectivity index (χ1n) is 8.56. The van der Waals surface area contributed by atoms with Crippen molar-refractivity contribution in [2.45, 2.75) is 83.4 Å². The van der Waals surface area contributed by atoms with Crippen LogP contribution < -0.4 is 5.32 Å². The molecule has 0 radical (unpaired) electrons. The molecule has 0 aromatic carbocycles. The minimum atomic E-state index is -0.557. The van der Waals surface area contributed by atoms with Gasteiger partial charge in [-0.25, -0.2) is 0 Å². The van der Waals surface area contributed by atoms with Crippen molar-refractivity contribution in [1.29, 1.82) is 0 Å². The second-order valence-corrected chi connectivity index (χ2v) is 6.67. The second kappa shape index (κ2) is 7.41. The van der Waals surface area contributed by atoms with Crippen molar-refractivity contribution in [3.05, 3.63) is 18.0 Å². The molecule has 1 aromatic heterocycles.